The van der Waals surface area contributed by atoms with Crippen LogP contribution >= 0.6 is 36.7 Å². The topological polar surface area (TPSA) is 125 Å². The van der Waals surface area contributed by atoms with E-state index in [1.54, 1.807) is 37.2 Å². The van der Waals surface area contributed by atoms with Gasteiger partial charge in [0.1, 0.15) is 0 Å². The van der Waals surface area contributed by atoms with Crippen LogP contribution < -0.4 is 0 Å². The molecule has 0 aliphatic carbocycles. The molecule has 3 N–H and O–H groups in total. The highest BCUT2D eigenvalue weighted by Crippen LogP contribution is 2.23. The Kier molecular flexibility index (Phi) is 7.19. The standard InChI is InChI=1S/C18H12N6.C3H3N3S3/c1-7-19-8-2-13(1)16-22-17(14-3-9-20-10-4-14)24-18(23-16)15-5-11-21-12-6-15;7-1-4-2(8)6-3(9)5-1/h1-12H;(H3,4,5,6,7,8,9). The first-order chi connectivity index (χ1) is 16.1. The first-order valence-corrected chi connectivity index (χ1v) is 10.7. The summed E-state index contributed by atoms with van der Waals surface area (Å²) in [4.78, 5) is 33.9. The molecule has 5 aromatic rings. The summed E-state index contributed by atoms with van der Waals surface area (Å²) in [5, 5.41) is 0. The zero-order valence-corrected chi connectivity index (χ0v) is 19.3. The fourth-order valence-electron chi connectivity index (χ4n) is 2.67. The Morgan fingerprint density at radius 1 is 0.424 bits per heavy atom. The van der Waals surface area contributed by atoms with Crippen LogP contribution in [0.5, 0.6) is 0 Å². The summed E-state index contributed by atoms with van der Waals surface area (Å²) >= 11 is 14.2. The summed E-state index contributed by atoms with van der Waals surface area (Å²) in [6, 6.07) is 11.3. The van der Waals surface area contributed by atoms with Crippen molar-refractivity contribution in [2.24, 2.45) is 0 Å². The number of nitrogens with zero attached hydrogens (tertiary/aromatic N) is 6. The molecular weight excluding hydrogens is 474 g/mol. The van der Waals surface area contributed by atoms with E-state index in [-0.39, 0.29) is 0 Å². The highest BCUT2D eigenvalue weighted by atomic mass is 32.1. The molecule has 0 aromatic carbocycles. The number of aromatic nitrogens is 9. The largest absolute Gasteiger partial charge is 0.309 e. The van der Waals surface area contributed by atoms with Crippen molar-refractivity contribution in [3.8, 4) is 34.2 Å². The molecule has 0 aliphatic rings. The van der Waals surface area contributed by atoms with Gasteiger partial charge in [0.2, 0.25) is 0 Å². The lowest BCUT2D eigenvalue weighted by Gasteiger charge is -2.07. The molecule has 0 saturated heterocycles. The van der Waals surface area contributed by atoms with Gasteiger partial charge >= 0.3 is 0 Å². The second-order valence-corrected chi connectivity index (χ2v) is 7.60. The van der Waals surface area contributed by atoms with Crippen LogP contribution in [0, 0.1) is 14.3 Å². The maximum Gasteiger partial charge on any atom is 0.178 e. The summed E-state index contributed by atoms with van der Waals surface area (Å²) in [7, 11) is 0. The van der Waals surface area contributed by atoms with Crippen LogP contribution in [0.1, 0.15) is 0 Å². The normalized spacial score (nSPS) is 10.2. The fraction of sp³-hybridized carbons (Fsp3) is 0. The van der Waals surface area contributed by atoms with Crippen LogP contribution in [0.4, 0.5) is 0 Å². The Bertz CT molecular complexity index is 1300. The Morgan fingerprint density at radius 3 is 0.909 bits per heavy atom. The van der Waals surface area contributed by atoms with E-state index in [4.69, 9.17) is 36.7 Å². The summed E-state index contributed by atoms with van der Waals surface area (Å²) in [6.07, 6.45) is 10.3. The van der Waals surface area contributed by atoms with Crippen molar-refractivity contribution < 1.29 is 0 Å². The molecule has 0 radical (unpaired) electrons. The molecule has 12 heteroatoms. The molecule has 5 aromatic heterocycles. The summed E-state index contributed by atoms with van der Waals surface area (Å²) in [5.74, 6) is 1.81. The average Bonchev–Trinajstić information content (AvgIpc) is 2.85. The van der Waals surface area contributed by atoms with Crippen molar-refractivity contribution in [2.75, 3.05) is 0 Å². The van der Waals surface area contributed by atoms with Crippen molar-refractivity contribution in [2.45, 2.75) is 0 Å². The van der Waals surface area contributed by atoms with Gasteiger partial charge in [-0.15, -0.1) is 0 Å². The van der Waals surface area contributed by atoms with Gasteiger partial charge in [0, 0.05) is 53.9 Å². The summed E-state index contributed by atoms with van der Waals surface area (Å²) in [6.45, 7) is 0. The second-order valence-electron chi connectivity index (χ2n) is 6.38. The van der Waals surface area contributed by atoms with Crippen LogP contribution in [0.3, 0.4) is 0 Å². The fourth-order valence-corrected chi connectivity index (χ4v) is 3.48. The zero-order chi connectivity index (χ0) is 23.0. The van der Waals surface area contributed by atoms with E-state index in [2.05, 4.69) is 44.9 Å². The number of hydrogen-bond acceptors (Lipinski definition) is 9. The minimum absolute atomic E-state index is 0.448. The van der Waals surface area contributed by atoms with Crippen LogP contribution in [0.25, 0.3) is 34.2 Å². The van der Waals surface area contributed by atoms with Gasteiger partial charge in [-0.1, -0.05) is 0 Å². The number of H-pyrrole nitrogens is 3. The van der Waals surface area contributed by atoms with Gasteiger partial charge in [0.15, 0.2) is 31.8 Å². The van der Waals surface area contributed by atoms with E-state index in [1.165, 1.54) is 0 Å². The predicted octanol–water partition coefficient (Wildman–Crippen LogP) is 4.92. The SMILES string of the molecule is S=c1[nH]c(=S)[nH]c(=S)[nH]1.c1cc(-c2nc(-c3ccncc3)nc(-c3ccncc3)n2)ccn1. The summed E-state index contributed by atoms with van der Waals surface area (Å²) in [5.41, 5.74) is 2.66. The third-order valence-corrected chi connectivity index (χ3v) is 4.74. The van der Waals surface area contributed by atoms with Crippen LogP contribution in [-0.2, 0) is 0 Å². The molecule has 0 atom stereocenters. The Morgan fingerprint density at radius 2 is 0.667 bits per heavy atom. The molecule has 0 bridgehead atoms. The highest BCUT2D eigenvalue weighted by molar-refractivity contribution is 7.72. The molecule has 33 heavy (non-hydrogen) atoms. The highest BCUT2D eigenvalue weighted by Gasteiger charge is 2.11. The minimum atomic E-state index is 0.448. The molecule has 0 unspecified atom stereocenters. The van der Waals surface area contributed by atoms with Gasteiger partial charge in [-0.2, -0.15) is 0 Å². The molecule has 5 heterocycles. The van der Waals surface area contributed by atoms with E-state index < -0.39 is 0 Å². The first-order valence-electron chi connectivity index (χ1n) is 9.49. The smallest absolute Gasteiger partial charge is 0.178 e. The zero-order valence-electron chi connectivity index (χ0n) is 16.8. The monoisotopic (exact) mass is 489 g/mol. The number of rotatable bonds is 3. The molecule has 9 nitrogen and oxygen atoms in total. The Hall–Kier alpha value is -3.87. The maximum absolute atomic E-state index is 4.72. The lowest BCUT2D eigenvalue weighted by Crippen LogP contribution is -2.00. The number of nitrogens with one attached hydrogen (secondary N) is 3. The summed E-state index contributed by atoms with van der Waals surface area (Å²) < 4.78 is 1.34. The van der Waals surface area contributed by atoms with Crippen molar-refractivity contribution >= 4 is 36.7 Å². The molecular formula is C21H15N9S3. The van der Waals surface area contributed by atoms with Crippen LogP contribution in [0.15, 0.2) is 73.6 Å². The molecule has 0 spiro atoms. The van der Waals surface area contributed by atoms with Crippen molar-refractivity contribution in [3.63, 3.8) is 0 Å². The van der Waals surface area contributed by atoms with Gasteiger partial charge in [-0.05, 0) is 73.1 Å². The van der Waals surface area contributed by atoms with E-state index in [9.17, 15) is 0 Å². The van der Waals surface area contributed by atoms with E-state index in [1.807, 2.05) is 36.4 Å². The quantitative estimate of drug-likeness (QED) is 0.303. The van der Waals surface area contributed by atoms with Crippen molar-refractivity contribution in [1.29, 1.82) is 0 Å². The van der Waals surface area contributed by atoms with Gasteiger partial charge in [-0.25, -0.2) is 15.0 Å². The van der Waals surface area contributed by atoms with Crippen molar-refractivity contribution in [1.82, 2.24) is 44.9 Å². The van der Waals surface area contributed by atoms with Gasteiger partial charge in [0.05, 0.1) is 0 Å². The first kappa shape index (κ1) is 22.3. The number of hydrogen-bond donors (Lipinski definition) is 3. The molecule has 0 aliphatic heterocycles. The Labute approximate surface area is 203 Å². The van der Waals surface area contributed by atoms with Gasteiger partial charge in [0.25, 0.3) is 0 Å². The van der Waals surface area contributed by atoms with Gasteiger partial charge < -0.3 is 15.0 Å². The van der Waals surface area contributed by atoms with Crippen LogP contribution in [-0.4, -0.2) is 44.9 Å². The van der Waals surface area contributed by atoms with E-state index in [0.29, 0.717) is 31.8 Å². The Balaban J connectivity index is 0.000000243. The molecule has 5 rings (SSSR count). The third kappa shape index (κ3) is 6.10. The number of pyridine rings is 3. The molecule has 0 saturated carbocycles. The lowest BCUT2D eigenvalue weighted by molar-refractivity contribution is 0.983. The molecule has 0 amide bonds. The average molecular weight is 490 g/mol. The predicted molar refractivity (Wildman–Crippen MR) is 132 cm³/mol. The molecule has 162 valence electrons. The third-order valence-electron chi connectivity index (χ3n) is 4.13. The van der Waals surface area contributed by atoms with E-state index >= 15 is 0 Å². The van der Waals surface area contributed by atoms with Crippen LogP contribution in [0.2, 0.25) is 0 Å². The lowest BCUT2D eigenvalue weighted by atomic mass is 10.2. The molecule has 0 fully saturated rings. The van der Waals surface area contributed by atoms with Gasteiger partial charge in [-0.3, -0.25) is 15.0 Å². The van der Waals surface area contributed by atoms with E-state index in [0.717, 1.165) is 16.7 Å². The maximum atomic E-state index is 4.72. The minimum Gasteiger partial charge on any atom is -0.309 e. The van der Waals surface area contributed by atoms with Crippen molar-refractivity contribution in [3.05, 3.63) is 87.9 Å². The number of aromatic amines is 3. The second kappa shape index (κ2) is 10.6.